The average Bonchev–Trinajstić information content (AvgIpc) is 3.45. The molecule has 2 N–H and O–H groups in total. The topological polar surface area (TPSA) is 96.4 Å². The quantitative estimate of drug-likeness (QED) is 0.651. The van der Waals surface area contributed by atoms with Gasteiger partial charge in [-0.1, -0.05) is 17.3 Å². The molecule has 1 unspecified atom stereocenters. The minimum atomic E-state index is 0.0311. The third kappa shape index (κ3) is 3.82. The number of rotatable bonds is 6. The summed E-state index contributed by atoms with van der Waals surface area (Å²) in [6.07, 6.45) is 5.59. The summed E-state index contributed by atoms with van der Waals surface area (Å²) < 4.78 is 7.17. The van der Waals surface area contributed by atoms with Crippen molar-refractivity contribution in [3.63, 3.8) is 0 Å². The van der Waals surface area contributed by atoms with Crippen LogP contribution in [-0.2, 0) is 17.9 Å². The number of nitrogens with zero attached hydrogens (tertiary/aromatic N) is 4. The van der Waals surface area contributed by atoms with Crippen molar-refractivity contribution in [1.29, 1.82) is 0 Å². The highest BCUT2D eigenvalue weighted by molar-refractivity contribution is 5.79. The van der Waals surface area contributed by atoms with Crippen molar-refractivity contribution in [2.75, 3.05) is 13.1 Å². The van der Waals surface area contributed by atoms with E-state index in [-0.39, 0.29) is 17.6 Å². The first-order valence-corrected chi connectivity index (χ1v) is 10.4. The summed E-state index contributed by atoms with van der Waals surface area (Å²) in [5.41, 5.74) is 1.59. The molecule has 0 saturated carbocycles. The van der Waals surface area contributed by atoms with Crippen molar-refractivity contribution < 1.29 is 14.3 Å². The van der Waals surface area contributed by atoms with Gasteiger partial charge in [-0.2, -0.15) is 0 Å². The van der Waals surface area contributed by atoms with Crippen molar-refractivity contribution in [1.82, 2.24) is 25.2 Å². The smallest absolute Gasteiger partial charge is 0.225 e. The van der Waals surface area contributed by atoms with Crippen LogP contribution in [0.3, 0.4) is 0 Å². The number of hydrogen-bond donors (Lipinski definition) is 2. The predicted octanol–water partition coefficient (Wildman–Crippen LogP) is 2.27. The van der Waals surface area contributed by atoms with E-state index >= 15 is 0 Å². The van der Waals surface area contributed by atoms with Crippen LogP contribution in [0, 0.1) is 11.8 Å². The lowest BCUT2D eigenvalue weighted by Gasteiger charge is -2.49. The second kappa shape index (κ2) is 7.95. The number of nitrogens with one attached hydrogen (secondary N) is 1. The molecular weight excluding hydrogens is 382 g/mol. The fourth-order valence-electron chi connectivity index (χ4n) is 4.74. The highest BCUT2D eigenvalue weighted by atomic mass is 16.3. The Morgan fingerprint density at radius 2 is 2.23 bits per heavy atom. The van der Waals surface area contributed by atoms with Crippen LogP contribution < -0.4 is 5.32 Å². The van der Waals surface area contributed by atoms with E-state index in [1.807, 2.05) is 29.1 Å². The first-order valence-electron chi connectivity index (χ1n) is 10.4. The maximum absolute atomic E-state index is 12.7. The van der Waals surface area contributed by atoms with E-state index in [2.05, 4.69) is 20.5 Å². The van der Waals surface area contributed by atoms with E-state index in [0.717, 1.165) is 49.5 Å². The summed E-state index contributed by atoms with van der Waals surface area (Å²) in [5, 5.41) is 21.2. The number of furan rings is 1. The fraction of sp³-hybridized carbons (Fsp3) is 0.409. The van der Waals surface area contributed by atoms with Gasteiger partial charge in [0.25, 0.3) is 0 Å². The summed E-state index contributed by atoms with van der Waals surface area (Å²) >= 11 is 0. The number of fused-ring (bicyclic) bond motifs is 3. The number of benzene rings is 1. The average molecular weight is 407 g/mol. The standard InChI is InChI=1S/C22H25N5O3/c28-18-4-1-3-16(10-18)21-14-27(25-24-21)12-17-9-15-6-7-26(17)13-20(15)22(29)23-11-19-5-2-8-30-19/h1-5,8,10,14-15,17,20,28H,6-7,9,11-13H2,(H,23,29)/t15-,17-,20+/m1/s1. The lowest BCUT2D eigenvalue weighted by atomic mass is 9.75. The molecular formula is C22H25N5O3. The molecule has 0 aliphatic carbocycles. The fourth-order valence-corrected chi connectivity index (χ4v) is 4.74. The van der Waals surface area contributed by atoms with Gasteiger partial charge in [0, 0.05) is 18.2 Å². The first-order chi connectivity index (χ1) is 14.7. The van der Waals surface area contributed by atoms with Gasteiger partial charge in [0.05, 0.1) is 31.5 Å². The Morgan fingerprint density at radius 3 is 3.00 bits per heavy atom. The van der Waals surface area contributed by atoms with Gasteiger partial charge in [0.15, 0.2) is 0 Å². The number of phenols is 1. The predicted molar refractivity (Wildman–Crippen MR) is 109 cm³/mol. The number of aromatic hydroxyl groups is 1. The lowest BCUT2D eigenvalue weighted by Crippen LogP contribution is -2.57. The van der Waals surface area contributed by atoms with Gasteiger partial charge in [-0.3, -0.25) is 14.4 Å². The van der Waals surface area contributed by atoms with Crippen molar-refractivity contribution in [2.45, 2.75) is 32.0 Å². The van der Waals surface area contributed by atoms with E-state index in [1.165, 1.54) is 0 Å². The normalized spacial score (nSPS) is 25.3. The van der Waals surface area contributed by atoms with Crippen LogP contribution >= 0.6 is 0 Å². The molecule has 2 bridgehead atoms. The SMILES string of the molecule is O=C(NCc1ccco1)[C@H]1CN2CC[C@@H]1C[C@@H]2Cn1cc(-c2cccc(O)c2)nn1. The van der Waals surface area contributed by atoms with Crippen molar-refractivity contribution in [3.8, 4) is 17.0 Å². The van der Waals surface area contributed by atoms with E-state index in [4.69, 9.17) is 4.42 Å². The molecule has 30 heavy (non-hydrogen) atoms. The molecule has 0 radical (unpaired) electrons. The van der Waals surface area contributed by atoms with E-state index in [9.17, 15) is 9.90 Å². The number of amides is 1. The van der Waals surface area contributed by atoms with Gasteiger partial charge < -0.3 is 14.8 Å². The minimum Gasteiger partial charge on any atom is -0.508 e. The number of hydrogen-bond acceptors (Lipinski definition) is 6. The van der Waals surface area contributed by atoms with Gasteiger partial charge >= 0.3 is 0 Å². The molecule has 4 atom stereocenters. The van der Waals surface area contributed by atoms with Crippen molar-refractivity contribution >= 4 is 5.91 Å². The Hall–Kier alpha value is -3.13. The number of piperidine rings is 3. The zero-order valence-corrected chi connectivity index (χ0v) is 16.6. The van der Waals surface area contributed by atoms with Gasteiger partial charge in [-0.15, -0.1) is 5.10 Å². The number of carbonyl (C=O) groups is 1. The van der Waals surface area contributed by atoms with Crippen LogP contribution in [0.25, 0.3) is 11.3 Å². The molecule has 3 aliphatic heterocycles. The summed E-state index contributed by atoms with van der Waals surface area (Å²) in [6, 6.07) is 11.1. The molecule has 156 valence electrons. The molecule has 0 spiro atoms. The van der Waals surface area contributed by atoms with Crippen molar-refractivity contribution in [3.05, 3.63) is 54.6 Å². The summed E-state index contributed by atoms with van der Waals surface area (Å²) in [4.78, 5) is 15.1. The Balaban J connectivity index is 1.20. The number of carbonyl (C=O) groups excluding carboxylic acids is 1. The van der Waals surface area contributed by atoms with Crippen LogP contribution in [0.1, 0.15) is 18.6 Å². The van der Waals surface area contributed by atoms with Crippen LogP contribution in [-0.4, -0.2) is 50.0 Å². The van der Waals surface area contributed by atoms with Gasteiger partial charge in [0.1, 0.15) is 17.2 Å². The zero-order chi connectivity index (χ0) is 20.5. The lowest BCUT2D eigenvalue weighted by molar-refractivity contribution is -0.133. The molecule has 8 nitrogen and oxygen atoms in total. The molecule has 8 heteroatoms. The minimum absolute atomic E-state index is 0.0311. The molecule has 3 aliphatic rings. The maximum Gasteiger partial charge on any atom is 0.225 e. The van der Waals surface area contributed by atoms with E-state index in [0.29, 0.717) is 18.5 Å². The molecule has 6 rings (SSSR count). The maximum atomic E-state index is 12.7. The first kappa shape index (κ1) is 18.9. The van der Waals surface area contributed by atoms with Crippen molar-refractivity contribution in [2.24, 2.45) is 11.8 Å². The van der Waals surface area contributed by atoms with Crippen LogP contribution in [0.2, 0.25) is 0 Å². The molecule has 1 amide bonds. The Morgan fingerprint density at radius 1 is 1.30 bits per heavy atom. The Kier molecular flexibility index (Phi) is 5.00. The third-order valence-electron chi connectivity index (χ3n) is 6.31. The second-order valence-corrected chi connectivity index (χ2v) is 8.21. The third-order valence-corrected chi connectivity index (χ3v) is 6.31. The molecule has 5 heterocycles. The second-order valence-electron chi connectivity index (χ2n) is 8.21. The van der Waals surface area contributed by atoms with E-state index in [1.54, 1.807) is 24.5 Å². The zero-order valence-electron chi connectivity index (χ0n) is 16.6. The van der Waals surface area contributed by atoms with Crippen LogP contribution in [0.5, 0.6) is 5.75 Å². The van der Waals surface area contributed by atoms with Crippen LogP contribution in [0.4, 0.5) is 0 Å². The molecule has 3 fully saturated rings. The van der Waals surface area contributed by atoms with Gasteiger partial charge in [-0.05, 0) is 49.6 Å². The highest BCUT2D eigenvalue weighted by Gasteiger charge is 2.43. The highest BCUT2D eigenvalue weighted by Crippen LogP contribution is 2.37. The summed E-state index contributed by atoms with van der Waals surface area (Å²) in [6.45, 7) is 3.00. The Bertz CT molecular complexity index is 1020. The molecule has 3 aromatic rings. The molecule has 2 aromatic heterocycles. The number of phenolic OH excluding ortho intramolecular Hbond substituents is 1. The monoisotopic (exact) mass is 407 g/mol. The Labute approximate surface area is 174 Å². The molecule has 3 saturated heterocycles. The molecule has 1 aromatic carbocycles. The largest absolute Gasteiger partial charge is 0.508 e. The number of aromatic nitrogens is 3. The van der Waals surface area contributed by atoms with Gasteiger partial charge in [0.2, 0.25) is 5.91 Å². The van der Waals surface area contributed by atoms with Gasteiger partial charge in [-0.25, -0.2) is 0 Å². The summed E-state index contributed by atoms with van der Waals surface area (Å²) in [7, 11) is 0. The van der Waals surface area contributed by atoms with Crippen LogP contribution in [0.15, 0.2) is 53.3 Å². The summed E-state index contributed by atoms with van der Waals surface area (Å²) in [5.74, 6) is 1.53. The van der Waals surface area contributed by atoms with E-state index < -0.39 is 0 Å².